The van der Waals surface area contributed by atoms with Gasteiger partial charge < -0.3 is 15.2 Å². The third-order valence-electron chi connectivity index (χ3n) is 3.77. The Morgan fingerprint density at radius 1 is 1.41 bits per heavy atom. The smallest absolute Gasteiger partial charge is 0.308 e. The van der Waals surface area contributed by atoms with Crippen LogP contribution in [0.3, 0.4) is 0 Å². The van der Waals surface area contributed by atoms with Crippen LogP contribution in [-0.2, 0) is 4.79 Å². The number of aliphatic carboxylic acids is 1. The van der Waals surface area contributed by atoms with Gasteiger partial charge in [0.1, 0.15) is 5.75 Å². The van der Waals surface area contributed by atoms with Crippen LogP contribution in [0.5, 0.6) is 5.75 Å². The number of amides is 1. The van der Waals surface area contributed by atoms with E-state index >= 15 is 0 Å². The Morgan fingerprint density at radius 3 is 2.73 bits per heavy atom. The number of ether oxygens (including phenoxy) is 1. The third-order valence-corrected chi connectivity index (χ3v) is 4.01. The van der Waals surface area contributed by atoms with Crippen molar-refractivity contribution in [1.82, 2.24) is 5.32 Å². The lowest BCUT2D eigenvalue weighted by Gasteiger charge is -2.17. The van der Waals surface area contributed by atoms with Crippen LogP contribution in [0.2, 0.25) is 5.02 Å². The number of carboxylic acids is 1. The highest BCUT2D eigenvalue weighted by Crippen LogP contribution is 2.28. The summed E-state index contributed by atoms with van der Waals surface area (Å²) in [5.41, 5.74) is 0.344. The Bertz CT molecular complexity index is 555. The van der Waals surface area contributed by atoms with Gasteiger partial charge in [0.25, 0.3) is 5.91 Å². The molecular formula is C16H20ClNO4. The molecule has 0 aliphatic heterocycles. The molecule has 120 valence electrons. The summed E-state index contributed by atoms with van der Waals surface area (Å²) in [6.07, 6.45) is 4.37. The lowest BCUT2D eigenvalue weighted by atomic mass is 10.1. The normalized spacial score (nSPS) is 16.3. The lowest BCUT2D eigenvalue weighted by molar-refractivity contribution is -0.140. The van der Waals surface area contributed by atoms with Crippen LogP contribution in [0.15, 0.2) is 18.2 Å². The molecule has 1 aromatic carbocycles. The number of halogens is 1. The van der Waals surface area contributed by atoms with Crippen molar-refractivity contribution in [2.45, 2.75) is 38.7 Å². The zero-order chi connectivity index (χ0) is 16.1. The average molecular weight is 326 g/mol. The molecule has 2 rings (SSSR count). The van der Waals surface area contributed by atoms with E-state index in [4.69, 9.17) is 21.4 Å². The first-order chi connectivity index (χ1) is 10.5. The van der Waals surface area contributed by atoms with Crippen LogP contribution in [0.1, 0.15) is 43.0 Å². The van der Waals surface area contributed by atoms with E-state index in [9.17, 15) is 9.59 Å². The topological polar surface area (TPSA) is 75.6 Å². The number of hydrogen-bond acceptors (Lipinski definition) is 3. The number of nitrogens with one attached hydrogen (secondary N) is 1. The highest BCUT2D eigenvalue weighted by atomic mass is 35.5. The first-order valence-corrected chi connectivity index (χ1v) is 7.82. The molecule has 5 nitrogen and oxygen atoms in total. The Balaban J connectivity index is 2.08. The zero-order valence-corrected chi connectivity index (χ0v) is 13.2. The van der Waals surface area contributed by atoms with Crippen molar-refractivity contribution in [1.29, 1.82) is 0 Å². The first kappa shape index (κ1) is 16.6. The highest BCUT2D eigenvalue weighted by Gasteiger charge is 2.21. The second-order valence-electron chi connectivity index (χ2n) is 5.61. The van der Waals surface area contributed by atoms with Crippen molar-refractivity contribution in [3.63, 3.8) is 0 Å². The number of carbonyl (C=O) groups is 2. The van der Waals surface area contributed by atoms with E-state index in [1.807, 2.05) is 0 Å². The predicted octanol–water partition coefficient (Wildman–Crippen LogP) is 3.11. The maximum absolute atomic E-state index is 12.3. The molecule has 1 saturated carbocycles. The van der Waals surface area contributed by atoms with Crippen molar-refractivity contribution in [3.05, 3.63) is 28.8 Å². The lowest BCUT2D eigenvalue weighted by Crippen LogP contribution is -2.32. The van der Waals surface area contributed by atoms with Gasteiger partial charge in [0.15, 0.2) is 0 Å². The van der Waals surface area contributed by atoms with Gasteiger partial charge in [-0.05, 0) is 43.9 Å². The van der Waals surface area contributed by atoms with E-state index in [0.717, 1.165) is 25.7 Å². The number of carboxylic acid groups (broad SMARTS) is 1. The molecule has 1 unspecified atom stereocenters. The minimum absolute atomic E-state index is 0.0591. The second-order valence-corrected chi connectivity index (χ2v) is 6.05. The Kier molecular flexibility index (Phi) is 5.66. The van der Waals surface area contributed by atoms with E-state index in [1.165, 1.54) is 6.92 Å². The van der Waals surface area contributed by atoms with Gasteiger partial charge in [0.05, 0.1) is 17.6 Å². The van der Waals surface area contributed by atoms with Crippen LogP contribution in [0, 0.1) is 5.92 Å². The maximum atomic E-state index is 12.3. The minimum atomic E-state index is -0.950. The molecule has 0 saturated heterocycles. The number of rotatable bonds is 6. The second kappa shape index (κ2) is 7.49. The van der Waals surface area contributed by atoms with E-state index in [0.29, 0.717) is 16.3 Å². The van der Waals surface area contributed by atoms with Gasteiger partial charge in [-0.15, -0.1) is 0 Å². The summed E-state index contributed by atoms with van der Waals surface area (Å²) in [5, 5.41) is 11.9. The first-order valence-electron chi connectivity index (χ1n) is 7.44. The Morgan fingerprint density at radius 2 is 2.09 bits per heavy atom. The largest absolute Gasteiger partial charge is 0.490 e. The fraction of sp³-hybridized carbons (Fsp3) is 0.500. The maximum Gasteiger partial charge on any atom is 0.308 e. The van der Waals surface area contributed by atoms with Crippen molar-refractivity contribution >= 4 is 23.5 Å². The molecule has 1 aromatic rings. The van der Waals surface area contributed by atoms with Crippen LogP contribution < -0.4 is 10.1 Å². The molecule has 1 amide bonds. The van der Waals surface area contributed by atoms with Gasteiger partial charge in [0.2, 0.25) is 0 Å². The molecule has 6 heteroatoms. The Labute approximate surface area is 134 Å². The zero-order valence-electron chi connectivity index (χ0n) is 12.5. The van der Waals surface area contributed by atoms with Crippen molar-refractivity contribution in [2.75, 3.05) is 6.54 Å². The molecule has 1 aliphatic carbocycles. The van der Waals surface area contributed by atoms with Crippen molar-refractivity contribution < 1.29 is 19.4 Å². The molecule has 2 N–H and O–H groups in total. The van der Waals surface area contributed by atoms with E-state index in [-0.39, 0.29) is 18.6 Å². The SMILES string of the molecule is CC(CNC(=O)c1cc(Cl)ccc1OC1CCCC1)C(=O)O. The summed E-state index contributed by atoms with van der Waals surface area (Å²) < 4.78 is 5.90. The standard InChI is InChI=1S/C16H20ClNO4/c1-10(16(20)21)9-18-15(19)13-8-11(17)6-7-14(13)22-12-4-2-3-5-12/h6-8,10,12H,2-5,9H2,1H3,(H,18,19)(H,20,21). The van der Waals surface area contributed by atoms with Gasteiger partial charge in [-0.3, -0.25) is 9.59 Å². The summed E-state index contributed by atoms with van der Waals surface area (Å²) in [7, 11) is 0. The molecular weight excluding hydrogens is 306 g/mol. The van der Waals surface area contributed by atoms with Crippen LogP contribution in [-0.4, -0.2) is 29.6 Å². The van der Waals surface area contributed by atoms with E-state index < -0.39 is 11.9 Å². The van der Waals surface area contributed by atoms with Gasteiger partial charge in [-0.2, -0.15) is 0 Å². The number of carbonyl (C=O) groups excluding carboxylic acids is 1. The summed E-state index contributed by atoms with van der Waals surface area (Å²) in [4.78, 5) is 23.1. The van der Waals surface area contributed by atoms with E-state index in [1.54, 1.807) is 18.2 Å². The molecule has 1 fully saturated rings. The molecule has 0 radical (unpaired) electrons. The molecule has 22 heavy (non-hydrogen) atoms. The van der Waals surface area contributed by atoms with Gasteiger partial charge >= 0.3 is 5.97 Å². The summed E-state index contributed by atoms with van der Waals surface area (Å²) >= 11 is 5.96. The molecule has 0 spiro atoms. The molecule has 1 atom stereocenters. The number of hydrogen-bond donors (Lipinski definition) is 2. The van der Waals surface area contributed by atoms with E-state index in [2.05, 4.69) is 5.32 Å². The van der Waals surface area contributed by atoms with Crippen LogP contribution in [0.25, 0.3) is 0 Å². The highest BCUT2D eigenvalue weighted by molar-refractivity contribution is 6.31. The van der Waals surface area contributed by atoms with Crippen molar-refractivity contribution in [3.8, 4) is 5.75 Å². The summed E-state index contributed by atoms with van der Waals surface area (Å²) in [5.74, 6) is -1.48. The molecule has 0 bridgehead atoms. The Hall–Kier alpha value is -1.75. The van der Waals surface area contributed by atoms with Crippen LogP contribution in [0.4, 0.5) is 0 Å². The quantitative estimate of drug-likeness (QED) is 0.842. The van der Waals surface area contributed by atoms with Crippen molar-refractivity contribution in [2.24, 2.45) is 5.92 Å². The fourth-order valence-corrected chi connectivity index (χ4v) is 2.57. The third kappa shape index (κ3) is 4.37. The van der Waals surface area contributed by atoms with Gasteiger partial charge in [-0.1, -0.05) is 18.5 Å². The predicted molar refractivity (Wildman–Crippen MR) is 83.5 cm³/mol. The average Bonchev–Trinajstić information content (AvgIpc) is 2.99. The minimum Gasteiger partial charge on any atom is -0.490 e. The summed E-state index contributed by atoms with van der Waals surface area (Å²) in [6.45, 7) is 1.60. The van der Waals surface area contributed by atoms with Crippen LogP contribution >= 0.6 is 11.6 Å². The number of benzene rings is 1. The summed E-state index contributed by atoms with van der Waals surface area (Å²) in [6, 6.07) is 4.92. The van der Waals surface area contributed by atoms with Gasteiger partial charge in [-0.25, -0.2) is 0 Å². The fourth-order valence-electron chi connectivity index (χ4n) is 2.40. The monoisotopic (exact) mass is 325 g/mol. The molecule has 0 aromatic heterocycles. The van der Waals surface area contributed by atoms with Gasteiger partial charge in [0, 0.05) is 11.6 Å². The molecule has 1 aliphatic rings. The molecule has 0 heterocycles.